The molecule has 0 fully saturated rings. The first kappa shape index (κ1) is 15.9. The zero-order chi connectivity index (χ0) is 14.8. The Morgan fingerprint density at radius 1 is 1.47 bits per heavy atom. The highest BCUT2D eigenvalue weighted by Crippen LogP contribution is 2.25. The molecule has 8 heteroatoms. The minimum absolute atomic E-state index is 0.0866. The first-order valence-corrected chi connectivity index (χ1v) is 7.31. The van der Waals surface area contributed by atoms with Gasteiger partial charge in [-0.05, 0) is 25.5 Å². The predicted molar refractivity (Wildman–Crippen MR) is 66.7 cm³/mol. The molecule has 0 aromatic heterocycles. The van der Waals surface area contributed by atoms with Gasteiger partial charge in [0.25, 0.3) is 0 Å². The molecule has 0 bridgehead atoms. The van der Waals surface area contributed by atoms with Crippen LogP contribution in [0.15, 0.2) is 17.0 Å². The largest absolute Gasteiger partial charge is 0.478 e. The van der Waals surface area contributed by atoms with Crippen LogP contribution in [0.25, 0.3) is 0 Å². The van der Waals surface area contributed by atoms with Gasteiger partial charge in [-0.25, -0.2) is 17.6 Å². The number of aliphatic hydroxyl groups is 1. The molecule has 1 aromatic rings. The topological polar surface area (TPSA) is 91.7 Å². The summed E-state index contributed by atoms with van der Waals surface area (Å²) in [7, 11) is -4.05. The molecule has 2 N–H and O–H groups in total. The van der Waals surface area contributed by atoms with E-state index >= 15 is 0 Å². The Morgan fingerprint density at radius 3 is 2.53 bits per heavy atom. The van der Waals surface area contributed by atoms with E-state index in [1.54, 1.807) is 0 Å². The van der Waals surface area contributed by atoms with Crippen molar-refractivity contribution in [2.75, 3.05) is 5.75 Å². The van der Waals surface area contributed by atoms with Gasteiger partial charge < -0.3 is 10.2 Å². The van der Waals surface area contributed by atoms with Crippen LogP contribution >= 0.6 is 11.6 Å². The number of carboxylic acid groups (broad SMARTS) is 1. The number of benzene rings is 1. The van der Waals surface area contributed by atoms with E-state index in [-0.39, 0.29) is 11.4 Å². The number of aliphatic hydroxyl groups excluding tert-OH is 1. The summed E-state index contributed by atoms with van der Waals surface area (Å²) in [5, 5.41) is 17.6. The maximum absolute atomic E-state index is 13.8. The van der Waals surface area contributed by atoms with Crippen molar-refractivity contribution in [3.05, 3.63) is 28.5 Å². The molecule has 0 aliphatic heterocycles. The van der Waals surface area contributed by atoms with Crippen molar-refractivity contribution in [2.24, 2.45) is 0 Å². The van der Waals surface area contributed by atoms with Gasteiger partial charge in [-0.3, -0.25) is 0 Å². The number of carbonyl (C=O) groups is 1. The van der Waals surface area contributed by atoms with Crippen LogP contribution in [-0.4, -0.2) is 36.5 Å². The molecule has 106 valence electrons. The van der Waals surface area contributed by atoms with Crippen LogP contribution in [0.5, 0.6) is 0 Å². The summed E-state index contributed by atoms with van der Waals surface area (Å²) in [5.41, 5.74) is -0.803. The van der Waals surface area contributed by atoms with E-state index < -0.39 is 43.9 Å². The van der Waals surface area contributed by atoms with E-state index in [0.717, 1.165) is 12.1 Å². The average molecular weight is 311 g/mol. The molecule has 0 aliphatic carbocycles. The first-order valence-electron chi connectivity index (χ1n) is 5.28. The maximum Gasteiger partial charge on any atom is 0.338 e. The fourth-order valence-electron chi connectivity index (χ4n) is 1.38. The third-order valence-corrected chi connectivity index (χ3v) is 4.33. The number of aromatic carboxylic acids is 1. The number of rotatable bonds is 5. The van der Waals surface area contributed by atoms with Gasteiger partial charge >= 0.3 is 5.97 Å². The lowest BCUT2D eigenvalue weighted by Crippen LogP contribution is -2.15. The van der Waals surface area contributed by atoms with Gasteiger partial charge in [0, 0.05) is 5.02 Å². The highest BCUT2D eigenvalue weighted by atomic mass is 35.5. The lowest BCUT2D eigenvalue weighted by atomic mass is 10.2. The van der Waals surface area contributed by atoms with Crippen molar-refractivity contribution < 1.29 is 27.8 Å². The Labute approximate surface area is 114 Å². The fourth-order valence-corrected chi connectivity index (χ4v) is 3.23. The SMILES string of the molecule is CC(O)CCS(=O)(=O)c1cc(Cl)cc(C(=O)O)c1F. The van der Waals surface area contributed by atoms with Gasteiger partial charge in [0.2, 0.25) is 0 Å². The third kappa shape index (κ3) is 3.89. The van der Waals surface area contributed by atoms with E-state index in [2.05, 4.69) is 0 Å². The number of carboxylic acids is 1. The minimum Gasteiger partial charge on any atom is -0.478 e. The number of halogens is 2. The predicted octanol–water partition coefficient (Wildman–Crippen LogP) is 1.72. The Hall–Kier alpha value is -1.18. The second kappa shape index (κ2) is 5.85. The summed E-state index contributed by atoms with van der Waals surface area (Å²) in [6, 6.07) is 1.70. The Bertz CT molecular complexity index is 597. The van der Waals surface area contributed by atoms with Gasteiger partial charge in [-0.15, -0.1) is 0 Å². The summed E-state index contributed by atoms with van der Waals surface area (Å²) in [5.74, 6) is -3.45. The monoisotopic (exact) mass is 310 g/mol. The molecule has 1 atom stereocenters. The number of hydrogen-bond donors (Lipinski definition) is 2. The molecule has 0 radical (unpaired) electrons. The molecule has 0 heterocycles. The van der Waals surface area contributed by atoms with Crippen molar-refractivity contribution in [2.45, 2.75) is 24.3 Å². The van der Waals surface area contributed by atoms with E-state index in [9.17, 15) is 17.6 Å². The lowest BCUT2D eigenvalue weighted by Gasteiger charge is -2.09. The molecule has 5 nitrogen and oxygen atoms in total. The summed E-state index contributed by atoms with van der Waals surface area (Å²) >= 11 is 5.59. The Morgan fingerprint density at radius 2 is 2.05 bits per heavy atom. The molecular weight excluding hydrogens is 299 g/mol. The second-order valence-electron chi connectivity index (χ2n) is 4.03. The standard InChI is InChI=1S/C11H12ClFO5S/c1-6(14)2-3-19(17,18)9-5-7(12)4-8(10(9)13)11(15)16/h4-6,14H,2-3H2,1H3,(H,15,16). The van der Waals surface area contributed by atoms with Gasteiger partial charge in [0.05, 0.1) is 17.4 Å². The quantitative estimate of drug-likeness (QED) is 0.864. The smallest absolute Gasteiger partial charge is 0.338 e. The highest BCUT2D eigenvalue weighted by molar-refractivity contribution is 7.91. The molecule has 0 spiro atoms. The molecule has 1 rings (SSSR count). The van der Waals surface area contributed by atoms with Crippen molar-refractivity contribution in [3.63, 3.8) is 0 Å². The van der Waals surface area contributed by atoms with Crippen LogP contribution in [0.2, 0.25) is 5.02 Å². The third-order valence-electron chi connectivity index (χ3n) is 2.37. The molecule has 1 unspecified atom stereocenters. The van der Waals surface area contributed by atoms with Crippen molar-refractivity contribution in [1.29, 1.82) is 0 Å². The van der Waals surface area contributed by atoms with Crippen molar-refractivity contribution in [3.8, 4) is 0 Å². The lowest BCUT2D eigenvalue weighted by molar-refractivity contribution is 0.0691. The number of sulfone groups is 1. The first-order chi connectivity index (χ1) is 8.65. The zero-order valence-electron chi connectivity index (χ0n) is 9.93. The molecule has 0 aliphatic rings. The summed E-state index contributed by atoms with van der Waals surface area (Å²) < 4.78 is 37.6. The van der Waals surface area contributed by atoms with E-state index in [0.29, 0.717) is 0 Å². The molecular formula is C11H12ClFO5S. The average Bonchev–Trinajstić information content (AvgIpc) is 2.28. The second-order valence-corrected chi connectivity index (χ2v) is 6.54. The highest BCUT2D eigenvalue weighted by Gasteiger charge is 2.25. The van der Waals surface area contributed by atoms with Gasteiger partial charge in [0.1, 0.15) is 4.90 Å². The normalized spacial score (nSPS) is 13.3. The van der Waals surface area contributed by atoms with Crippen LogP contribution in [0.1, 0.15) is 23.7 Å². The molecule has 19 heavy (non-hydrogen) atoms. The molecule has 0 saturated carbocycles. The fraction of sp³-hybridized carbons (Fsp3) is 0.364. The van der Waals surface area contributed by atoms with Crippen LogP contribution in [0.4, 0.5) is 4.39 Å². The van der Waals surface area contributed by atoms with Crippen LogP contribution in [0.3, 0.4) is 0 Å². The van der Waals surface area contributed by atoms with E-state index in [1.807, 2.05) is 0 Å². The Balaban J connectivity index is 3.31. The number of hydrogen-bond acceptors (Lipinski definition) is 4. The molecule has 0 saturated heterocycles. The van der Waals surface area contributed by atoms with Crippen LogP contribution < -0.4 is 0 Å². The van der Waals surface area contributed by atoms with E-state index in [4.69, 9.17) is 21.8 Å². The minimum atomic E-state index is -4.05. The molecule has 0 amide bonds. The van der Waals surface area contributed by atoms with Gasteiger partial charge in [-0.2, -0.15) is 0 Å². The Kier molecular flexibility index (Phi) is 4.89. The summed E-state index contributed by atoms with van der Waals surface area (Å²) in [4.78, 5) is 10.0. The maximum atomic E-state index is 13.8. The molecule has 1 aromatic carbocycles. The van der Waals surface area contributed by atoms with Crippen molar-refractivity contribution in [1.82, 2.24) is 0 Å². The van der Waals surface area contributed by atoms with E-state index in [1.165, 1.54) is 6.92 Å². The van der Waals surface area contributed by atoms with Crippen LogP contribution in [0, 0.1) is 5.82 Å². The van der Waals surface area contributed by atoms with Crippen molar-refractivity contribution >= 4 is 27.4 Å². The van der Waals surface area contributed by atoms with Crippen LogP contribution in [-0.2, 0) is 9.84 Å². The summed E-state index contributed by atoms with van der Waals surface area (Å²) in [6.45, 7) is 1.40. The zero-order valence-corrected chi connectivity index (χ0v) is 11.5. The summed E-state index contributed by atoms with van der Waals surface area (Å²) in [6.07, 6.45) is -0.951. The van der Waals surface area contributed by atoms with Gasteiger partial charge in [0.15, 0.2) is 15.7 Å². The van der Waals surface area contributed by atoms with Gasteiger partial charge in [-0.1, -0.05) is 11.6 Å².